The number of carboxylic acids is 1. The second-order valence-corrected chi connectivity index (χ2v) is 3.80. The number of benzene rings is 1. The Morgan fingerprint density at radius 2 is 2.12 bits per heavy atom. The van der Waals surface area contributed by atoms with Crippen molar-refractivity contribution < 1.29 is 14.3 Å². The maximum Gasteiger partial charge on any atom is 0.358 e. The van der Waals surface area contributed by atoms with Crippen LogP contribution in [0.1, 0.15) is 10.5 Å². The summed E-state index contributed by atoms with van der Waals surface area (Å²) in [4.78, 5) is 14.4. The van der Waals surface area contributed by atoms with Gasteiger partial charge in [-0.05, 0) is 18.2 Å². The Hall–Kier alpha value is -1.52. The molecule has 0 atom stereocenters. The molecule has 0 radical (unpaired) electrons. The SMILES string of the molecule is O=C(O)c1ncoc1-c1ccc(Cl)cc1Cl. The van der Waals surface area contributed by atoms with E-state index in [9.17, 15) is 4.79 Å². The van der Waals surface area contributed by atoms with E-state index in [1.807, 2.05) is 0 Å². The van der Waals surface area contributed by atoms with Crippen LogP contribution in [0, 0.1) is 0 Å². The summed E-state index contributed by atoms with van der Waals surface area (Å²) in [6.45, 7) is 0. The first-order valence-corrected chi connectivity index (χ1v) is 4.97. The van der Waals surface area contributed by atoms with Gasteiger partial charge in [-0.1, -0.05) is 23.2 Å². The Balaban J connectivity index is 2.59. The van der Waals surface area contributed by atoms with E-state index in [0.717, 1.165) is 6.39 Å². The first-order valence-electron chi connectivity index (χ1n) is 4.22. The fraction of sp³-hybridized carbons (Fsp3) is 0. The van der Waals surface area contributed by atoms with Crippen molar-refractivity contribution in [2.75, 3.05) is 0 Å². The van der Waals surface area contributed by atoms with Gasteiger partial charge < -0.3 is 9.52 Å². The lowest BCUT2D eigenvalue weighted by atomic mass is 10.1. The Labute approximate surface area is 100 Å². The van der Waals surface area contributed by atoms with Gasteiger partial charge in [0.1, 0.15) is 0 Å². The molecule has 2 rings (SSSR count). The molecule has 0 aliphatic carbocycles. The molecule has 2 aromatic rings. The van der Waals surface area contributed by atoms with E-state index < -0.39 is 5.97 Å². The summed E-state index contributed by atoms with van der Waals surface area (Å²) in [7, 11) is 0. The predicted octanol–water partition coefficient (Wildman–Crippen LogP) is 3.35. The number of nitrogens with zero attached hydrogens (tertiary/aromatic N) is 1. The highest BCUT2D eigenvalue weighted by Gasteiger charge is 2.19. The van der Waals surface area contributed by atoms with Crippen molar-refractivity contribution >= 4 is 29.2 Å². The van der Waals surface area contributed by atoms with Gasteiger partial charge >= 0.3 is 5.97 Å². The van der Waals surface area contributed by atoms with Crippen molar-refractivity contribution in [1.82, 2.24) is 4.98 Å². The molecule has 0 spiro atoms. The molecular weight excluding hydrogens is 253 g/mol. The van der Waals surface area contributed by atoms with E-state index in [2.05, 4.69) is 4.98 Å². The van der Waals surface area contributed by atoms with E-state index >= 15 is 0 Å². The normalized spacial score (nSPS) is 10.4. The lowest BCUT2D eigenvalue weighted by Crippen LogP contribution is -1.98. The number of carboxylic acid groups (broad SMARTS) is 1. The smallest absolute Gasteiger partial charge is 0.358 e. The minimum Gasteiger partial charge on any atom is -0.476 e. The Morgan fingerprint density at radius 3 is 2.75 bits per heavy atom. The lowest BCUT2D eigenvalue weighted by molar-refractivity contribution is 0.0691. The molecule has 1 N–H and O–H groups in total. The minimum atomic E-state index is -1.17. The summed E-state index contributed by atoms with van der Waals surface area (Å²) in [6.07, 6.45) is 1.06. The van der Waals surface area contributed by atoms with Crippen molar-refractivity contribution in [2.24, 2.45) is 0 Å². The molecule has 0 saturated heterocycles. The third-order valence-corrected chi connectivity index (χ3v) is 2.49. The number of oxazole rings is 1. The highest BCUT2D eigenvalue weighted by molar-refractivity contribution is 6.36. The van der Waals surface area contributed by atoms with E-state index in [4.69, 9.17) is 32.7 Å². The fourth-order valence-electron chi connectivity index (χ4n) is 1.26. The number of rotatable bonds is 2. The van der Waals surface area contributed by atoms with Gasteiger partial charge in [0.2, 0.25) is 0 Å². The standard InChI is InChI=1S/C10H5Cl2NO3/c11-5-1-2-6(7(12)3-5)9-8(10(14)15)13-4-16-9/h1-4H,(H,14,15). The van der Waals surface area contributed by atoms with Crippen LogP contribution in [-0.4, -0.2) is 16.1 Å². The third kappa shape index (κ3) is 1.89. The van der Waals surface area contributed by atoms with Crippen LogP contribution in [0.15, 0.2) is 29.0 Å². The Bertz CT molecular complexity index is 551. The van der Waals surface area contributed by atoms with Gasteiger partial charge in [0, 0.05) is 10.6 Å². The van der Waals surface area contributed by atoms with Gasteiger partial charge in [0.05, 0.1) is 5.02 Å². The van der Waals surface area contributed by atoms with Crippen LogP contribution in [0.3, 0.4) is 0 Å². The van der Waals surface area contributed by atoms with Crippen LogP contribution < -0.4 is 0 Å². The zero-order valence-electron chi connectivity index (χ0n) is 7.78. The summed E-state index contributed by atoms with van der Waals surface area (Å²) in [5.74, 6) is -1.05. The van der Waals surface area contributed by atoms with E-state index in [1.54, 1.807) is 12.1 Å². The summed E-state index contributed by atoms with van der Waals surface area (Å²) >= 11 is 11.7. The fourth-order valence-corrected chi connectivity index (χ4v) is 1.76. The van der Waals surface area contributed by atoms with Crippen LogP contribution in [0.4, 0.5) is 0 Å². The van der Waals surface area contributed by atoms with Crippen molar-refractivity contribution in [1.29, 1.82) is 0 Å². The predicted molar refractivity (Wildman–Crippen MR) is 58.9 cm³/mol. The quantitative estimate of drug-likeness (QED) is 0.897. The second-order valence-electron chi connectivity index (χ2n) is 2.96. The molecule has 0 bridgehead atoms. The van der Waals surface area contributed by atoms with Gasteiger partial charge in [-0.25, -0.2) is 9.78 Å². The third-order valence-electron chi connectivity index (χ3n) is 1.95. The monoisotopic (exact) mass is 257 g/mol. The maximum atomic E-state index is 10.8. The van der Waals surface area contributed by atoms with Gasteiger partial charge in [0.25, 0.3) is 0 Å². The Kier molecular flexibility index (Phi) is 2.85. The largest absolute Gasteiger partial charge is 0.476 e. The van der Waals surface area contributed by atoms with Crippen molar-refractivity contribution in [3.05, 3.63) is 40.3 Å². The van der Waals surface area contributed by atoms with Crippen LogP contribution in [0.2, 0.25) is 10.0 Å². The average Bonchev–Trinajstić information content (AvgIpc) is 2.66. The van der Waals surface area contributed by atoms with Crippen LogP contribution >= 0.6 is 23.2 Å². The molecule has 0 aliphatic heterocycles. The number of hydrogen-bond donors (Lipinski definition) is 1. The van der Waals surface area contributed by atoms with E-state index in [-0.39, 0.29) is 11.5 Å². The van der Waals surface area contributed by atoms with Gasteiger partial charge in [0.15, 0.2) is 17.8 Å². The second kappa shape index (κ2) is 4.15. The summed E-state index contributed by atoms with van der Waals surface area (Å²) in [5, 5.41) is 9.64. The average molecular weight is 258 g/mol. The number of aromatic nitrogens is 1. The summed E-state index contributed by atoms with van der Waals surface area (Å²) < 4.78 is 5.01. The first kappa shape index (κ1) is 11.0. The van der Waals surface area contributed by atoms with Crippen LogP contribution in [-0.2, 0) is 0 Å². The van der Waals surface area contributed by atoms with Gasteiger partial charge in [-0.2, -0.15) is 0 Å². The number of hydrogen-bond acceptors (Lipinski definition) is 3. The Morgan fingerprint density at radius 1 is 1.38 bits per heavy atom. The molecule has 6 heteroatoms. The van der Waals surface area contributed by atoms with Crippen LogP contribution in [0.5, 0.6) is 0 Å². The topological polar surface area (TPSA) is 63.3 Å². The summed E-state index contributed by atoms with van der Waals surface area (Å²) in [5.41, 5.74) is 0.269. The maximum absolute atomic E-state index is 10.8. The van der Waals surface area contributed by atoms with E-state index in [0.29, 0.717) is 15.6 Å². The number of halogens is 2. The zero-order chi connectivity index (χ0) is 11.7. The number of carbonyl (C=O) groups is 1. The molecule has 0 amide bonds. The van der Waals surface area contributed by atoms with Crippen LogP contribution in [0.25, 0.3) is 11.3 Å². The molecule has 16 heavy (non-hydrogen) atoms. The molecule has 0 fully saturated rings. The zero-order valence-corrected chi connectivity index (χ0v) is 9.29. The first-order chi connectivity index (χ1) is 7.59. The minimum absolute atomic E-state index is 0.120. The van der Waals surface area contributed by atoms with Crippen molar-refractivity contribution in [3.63, 3.8) is 0 Å². The molecule has 1 heterocycles. The van der Waals surface area contributed by atoms with Crippen molar-refractivity contribution in [2.45, 2.75) is 0 Å². The van der Waals surface area contributed by atoms with Gasteiger partial charge in [-0.15, -0.1) is 0 Å². The lowest BCUT2D eigenvalue weighted by Gasteiger charge is -2.01. The molecular formula is C10H5Cl2NO3. The molecule has 0 unspecified atom stereocenters. The molecule has 4 nitrogen and oxygen atoms in total. The highest BCUT2D eigenvalue weighted by atomic mass is 35.5. The molecule has 82 valence electrons. The van der Waals surface area contributed by atoms with Gasteiger partial charge in [-0.3, -0.25) is 0 Å². The van der Waals surface area contributed by atoms with E-state index in [1.165, 1.54) is 6.07 Å². The molecule has 0 aliphatic rings. The number of aromatic carboxylic acids is 1. The molecule has 0 saturated carbocycles. The molecule has 1 aromatic heterocycles. The molecule has 1 aromatic carbocycles. The summed E-state index contributed by atoms with van der Waals surface area (Å²) in [6, 6.07) is 4.68. The van der Waals surface area contributed by atoms with Crippen molar-refractivity contribution in [3.8, 4) is 11.3 Å². The highest BCUT2D eigenvalue weighted by Crippen LogP contribution is 2.32.